The second-order valence-corrected chi connectivity index (χ2v) is 5.67. The van der Waals surface area contributed by atoms with Crippen LogP contribution in [-0.2, 0) is 9.53 Å². The van der Waals surface area contributed by atoms with Crippen LogP contribution in [0.3, 0.4) is 0 Å². The van der Waals surface area contributed by atoms with Crippen LogP contribution in [0.1, 0.15) is 40.5 Å². The third kappa shape index (κ3) is 3.58. The SMILES string of the molecule is C=CC(=O)C(C)(NC(=O)OC(C)(C)C)C1CC1. The van der Waals surface area contributed by atoms with Gasteiger partial charge in [0.15, 0.2) is 5.78 Å². The second-order valence-electron chi connectivity index (χ2n) is 5.67. The normalized spacial score (nSPS) is 19.1. The molecule has 0 heterocycles. The highest BCUT2D eigenvalue weighted by Gasteiger charge is 2.47. The molecule has 17 heavy (non-hydrogen) atoms. The van der Waals surface area contributed by atoms with Crippen LogP contribution in [0.4, 0.5) is 4.79 Å². The Kier molecular flexibility index (Phi) is 3.65. The molecule has 0 saturated heterocycles. The number of alkyl carbamates (subject to hydrolysis) is 1. The molecule has 0 aromatic rings. The van der Waals surface area contributed by atoms with Crippen LogP contribution in [0, 0.1) is 5.92 Å². The van der Waals surface area contributed by atoms with Crippen molar-refractivity contribution >= 4 is 11.9 Å². The van der Waals surface area contributed by atoms with Gasteiger partial charge in [-0.2, -0.15) is 0 Å². The molecule has 1 aliphatic rings. The van der Waals surface area contributed by atoms with Gasteiger partial charge in [0.05, 0.1) is 0 Å². The van der Waals surface area contributed by atoms with Gasteiger partial charge in [-0.1, -0.05) is 6.58 Å². The molecular weight excluding hydrogens is 218 g/mol. The van der Waals surface area contributed by atoms with E-state index in [-0.39, 0.29) is 11.7 Å². The van der Waals surface area contributed by atoms with Crippen LogP contribution in [0.15, 0.2) is 12.7 Å². The second kappa shape index (κ2) is 4.51. The molecule has 0 aromatic heterocycles. The van der Waals surface area contributed by atoms with Crippen LogP contribution >= 0.6 is 0 Å². The molecule has 1 saturated carbocycles. The van der Waals surface area contributed by atoms with E-state index in [1.54, 1.807) is 27.7 Å². The van der Waals surface area contributed by atoms with E-state index in [0.717, 1.165) is 12.8 Å². The quantitative estimate of drug-likeness (QED) is 0.766. The van der Waals surface area contributed by atoms with E-state index in [0.29, 0.717) is 0 Å². The lowest BCUT2D eigenvalue weighted by Gasteiger charge is -2.30. The summed E-state index contributed by atoms with van der Waals surface area (Å²) in [7, 11) is 0. The fourth-order valence-electron chi connectivity index (χ4n) is 1.75. The van der Waals surface area contributed by atoms with Gasteiger partial charge < -0.3 is 10.1 Å². The Morgan fingerprint density at radius 2 is 1.82 bits per heavy atom. The maximum atomic E-state index is 11.8. The monoisotopic (exact) mass is 239 g/mol. The molecule has 0 bridgehead atoms. The number of nitrogens with one attached hydrogen (secondary N) is 1. The van der Waals surface area contributed by atoms with Crippen molar-refractivity contribution in [1.29, 1.82) is 0 Å². The summed E-state index contributed by atoms with van der Waals surface area (Å²) >= 11 is 0. The van der Waals surface area contributed by atoms with Gasteiger partial charge in [0, 0.05) is 0 Å². The van der Waals surface area contributed by atoms with E-state index in [1.165, 1.54) is 6.08 Å². The van der Waals surface area contributed by atoms with E-state index < -0.39 is 17.2 Å². The summed E-state index contributed by atoms with van der Waals surface area (Å²) in [5, 5.41) is 2.68. The lowest BCUT2D eigenvalue weighted by molar-refractivity contribution is -0.120. The Morgan fingerprint density at radius 1 is 1.29 bits per heavy atom. The van der Waals surface area contributed by atoms with E-state index in [9.17, 15) is 9.59 Å². The highest BCUT2D eigenvalue weighted by Crippen LogP contribution is 2.40. The van der Waals surface area contributed by atoms with Gasteiger partial charge in [-0.3, -0.25) is 4.79 Å². The average molecular weight is 239 g/mol. The van der Waals surface area contributed by atoms with Gasteiger partial charge in [0.1, 0.15) is 11.1 Å². The predicted molar refractivity (Wildman–Crippen MR) is 65.7 cm³/mol. The van der Waals surface area contributed by atoms with Crippen LogP contribution in [-0.4, -0.2) is 23.0 Å². The zero-order chi connectivity index (χ0) is 13.3. The summed E-state index contributed by atoms with van der Waals surface area (Å²) in [6.07, 6.45) is 2.61. The van der Waals surface area contributed by atoms with Crippen LogP contribution in [0.25, 0.3) is 0 Å². The molecule has 1 amide bonds. The van der Waals surface area contributed by atoms with Crippen LogP contribution < -0.4 is 5.32 Å². The van der Waals surface area contributed by atoms with Gasteiger partial charge in [-0.15, -0.1) is 0 Å². The summed E-state index contributed by atoms with van der Waals surface area (Å²) in [5.74, 6) is 0.0337. The van der Waals surface area contributed by atoms with Crippen molar-refractivity contribution < 1.29 is 14.3 Å². The maximum Gasteiger partial charge on any atom is 0.408 e. The fourth-order valence-corrected chi connectivity index (χ4v) is 1.75. The molecule has 1 fully saturated rings. The number of hydrogen-bond acceptors (Lipinski definition) is 3. The first-order valence-corrected chi connectivity index (χ1v) is 5.87. The molecule has 0 spiro atoms. The summed E-state index contributed by atoms with van der Waals surface area (Å²) < 4.78 is 5.17. The Labute approximate surface area is 102 Å². The maximum absolute atomic E-state index is 11.8. The summed E-state index contributed by atoms with van der Waals surface area (Å²) in [6, 6.07) is 0. The van der Waals surface area contributed by atoms with E-state index in [1.807, 2.05) is 0 Å². The van der Waals surface area contributed by atoms with Crippen LogP contribution in [0.5, 0.6) is 0 Å². The first-order valence-electron chi connectivity index (χ1n) is 5.87. The number of ether oxygens (including phenoxy) is 1. The Bertz CT molecular complexity index is 339. The molecule has 0 radical (unpaired) electrons. The summed E-state index contributed by atoms with van der Waals surface area (Å²) in [4.78, 5) is 23.5. The molecule has 0 aromatic carbocycles. The molecule has 1 atom stereocenters. The minimum absolute atomic E-state index is 0.161. The van der Waals surface area contributed by atoms with Gasteiger partial charge in [0.2, 0.25) is 0 Å². The zero-order valence-corrected chi connectivity index (χ0v) is 11.0. The number of hydrogen-bond donors (Lipinski definition) is 1. The van der Waals surface area contributed by atoms with Crippen molar-refractivity contribution in [3.05, 3.63) is 12.7 Å². The van der Waals surface area contributed by atoms with E-state index in [4.69, 9.17) is 4.74 Å². The molecule has 1 aliphatic carbocycles. The Balaban J connectivity index is 2.71. The predicted octanol–water partition coefficient (Wildman–Crippen LogP) is 2.43. The van der Waals surface area contributed by atoms with Gasteiger partial charge in [-0.05, 0) is 52.5 Å². The van der Waals surface area contributed by atoms with E-state index >= 15 is 0 Å². The smallest absolute Gasteiger partial charge is 0.408 e. The van der Waals surface area contributed by atoms with Gasteiger partial charge in [-0.25, -0.2) is 4.79 Å². The topological polar surface area (TPSA) is 55.4 Å². The number of amides is 1. The lowest BCUT2D eigenvalue weighted by atomic mass is 9.90. The van der Waals surface area contributed by atoms with Crippen molar-refractivity contribution in [3.63, 3.8) is 0 Å². The first-order chi connectivity index (χ1) is 7.69. The van der Waals surface area contributed by atoms with Crippen molar-refractivity contribution in [1.82, 2.24) is 5.32 Å². The van der Waals surface area contributed by atoms with Crippen molar-refractivity contribution in [3.8, 4) is 0 Å². The molecule has 0 aliphatic heterocycles. The fraction of sp³-hybridized carbons (Fsp3) is 0.692. The van der Waals surface area contributed by atoms with Gasteiger partial charge >= 0.3 is 6.09 Å². The molecule has 4 nitrogen and oxygen atoms in total. The average Bonchev–Trinajstić information content (AvgIpc) is 2.95. The highest BCUT2D eigenvalue weighted by molar-refractivity contribution is 5.99. The molecular formula is C13H21NO3. The van der Waals surface area contributed by atoms with Crippen LogP contribution in [0.2, 0.25) is 0 Å². The summed E-state index contributed by atoms with van der Waals surface area (Å²) in [6.45, 7) is 10.6. The Morgan fingerprint density at radius 3 is 2.18 bits per heavy atom. The molecule has 4 heteroatoms. The Hall–Kier alpha value is -1.32. The third-order valence-electron chi connectivity index (χ3n) is 2.85. The van der Waals surface area contributed by atoms with Crippen molar-refractivity contribution in [2.24, 2.45) is 5.92 Å². The minimum Gasteiger partial charge on any atom is -0.444 e. The number of ketones is 1. The number of carbonyl (C=O) groups excluding carboxylic acids is 2. The summed E-state index contributed by atoms with van der Waals surface area (Å²) in [5.41, 5.74) is -1.43. The highest BCUT2D eigenvalue weighted by atomic mass is 16.6. The molecule has 1 unspecified atom stereocenters. The molecule has 96 valence electrons. The molecule has 1 N–H and O–H groups in total. The minimum atomic E-state index is -0.871. The van der Waals surface area contributed by atoms with Crippen molar-refractivity contribution in [2.75, 3.05) is 0 Å². The largest absolute Gasteiger partial charge is 0.444 e. The third-order valence-corrected chi connectivity index (χ3v) is 2.85. The first kappa shape index (κ1) is 13.7. The lowest BCUT2D eigenvalue weighted by Crippen LogP contribution is -2.54. The number of carbonyl (C=O) groups is 2. The van der Waals surface area contributed by atoms with E-state index in [2.05, 4.69) is 11.9 Å². The number of rotatable bonds is 4. The zero-order valence-electron chi connectivity index (χ0n) is 11.0. The van der Waals surface area contributed by atoms with Gasteiger partial charge in [0.25, 0.3) is 0 Å². The van der Waals surface area contributed by atoms with Crippen molar-refractivity contribution in [2.45, 2.75) is 51.7 Å². The standard InChI is InChI=1S/C13H21NO3/c1-6-10(15)13(5,9-7-8-9)14-11(16)17-12(2,3)4/h6,9H,1,7-8H2,2-5H3,(H,14,16). The molecule has 1 rings (SSSR count).